The van der Waals surface area contributed by atoms with Gasteiger partial charge in [0.2, 0.25) is 0 Å². The fourth-order valence-corrected chi connectivity index (χ4v) is 2.46. The lowest BCUT2D eigenvalue weighted by atomic mass is 10.1. The van der Waals surface area contributed by atoms with E-state index in [1.165, 1.54) is 12.1 Å². The van der Waals surface area contributed by atoms with E-state index in [1.54, 1.807) is 7.05 Å². The molecule has 1 aliphatic rings. The van der Waals surface area contributed by atoms with Gasteiger partial charge in [0.1, 0.15) is 11.6 Å². The number of nitrogens with one attached hydrogen (secondary N) is 2. The first kappa shape index (κ1) is 17.5. The minimum absolute atomic E-state index is 0.220. The van der Waals surface area contributed by atoms with Crippen LogP contribution in [0.5, 0.6) is 5.75 Å². The summed E-state index contributed by atoms with van der Waals surface area (Å²) in [6.45, 7) is 6.53. The van der Waals surface area contributed by atoms with Crippen molar-refractivity contribution in [1.82, 2.24) is 10.6 Å². The van der Waals surface area contributed by atoms with Gasteiger partial charge in [-0.05, 0) is 36.5 Å². The maximum Gasteiger partial charge on any atom is 0.190 e. The van der Waals surface area contributed by atoms with Crippen LogP contribution >= 0.6 is 0 Å². The number of aliphatic imine (C=N–C) groups is 1. The van der Waals surface area contributed by atoms with Crippen LogP contribution in [0.2, 0.25) is 0 Å². The van der Waals surface area contributed by atoms with E-state index < -0.39 is 0 Å². The molecule has 0 aromatic heterocycles. The van der Waals surface area contributed by atoms with Crippen molar-refractivity contribution < 1.29 is 13.9 Å². The molecule has 0 fully saturated rings. The first-order valence-electron chi connectivity index (χ1n) is 8.06. The number of hydrogen-bond acceptors (Lipinski definition) is 3. The molecule has 2 N–H and O–H groups in total. The van der Waals surface area contributed by atoms with Crippen LogP contribution in [0, 0.1) is 11.7 Å². The van der Waals surface area contributed by atoms with E-state index in [9.17, 15) is 4.39 Å². The third-order valence-corrected chi connectivity index (χ3v) is 3.68. The summed E-state index contributed by atoms with van der Waals surface area (Å²) in [7, 11) is 1.75. The van der Waals surface area contributed by atoms with Crippen molar-refractivity contribution in [2.45, 2.75) is 33.3 Å². The van der Waals surface area contributed by atoms with Crippen molar-refractivity contribution in [1.29, 1.82) is 0 Å². The predicted octanol–water partition coefficient (Wildman–Crippen LogP) is 2.45. The molecule has 2 rings (SSSR count). The predicted molar refractivity (Wildman–Crippen MR) is 89.2 cm³/mol. The molecule has 1 aliphatic heterocycles. The van der Waals surface area contributed by atoms with Crippen molar-refractivity contribution in [2.24, 2.45) is 10.9 Å². The van der Waals surface area contributed by atoms with Gasteiger partial charge in [0.25, 0.3) is 0 Å². The average molecular weight is 323 g/mol. The Balaban J connectivity index is 1.87. The number of hydrogen-bond donors (Lipinski definition) is 2. The maximum absolute atomic E-state index is 13.7. The summed E-state index contributed by atoms with van der Waals surface area (Å²) >= 11 is 0. The van der Waals surface area contributed by atoms with Crippen LogP contribution in [0.15, 0.2) is 17.1 Å². The van der Waals surface area contributed by atoms with Gasteiger partial charge in [-0.3, -0.25) is 4.99 Å². The van der Waals surface area contributed by atoms with Crippen LogP contribution < -0.4 is 15.4 Å². The summed E-state index contributed by atoms with van der Waals surface area (Å²) < 4.78 is 24.4. The van der Waals surface area contributed by atoms with Gasteiger partial charge in [-0.15, -0.1) is 0 Å². The van der Waals surface area contributed by atoms with E-state index in [4.69, 9.17) is 9.47 Å². The first-order valence-corrected chi connectivity index (χ1v) is 8.06. The Morgan fingerprint density at radius 2 is 2.09 bits per heavy atom. The number of ether oxygens (including phenoxy) is 2. The molecule has 128 valence electrons. The first-order chi connectivity index (χ1) is 11.1. The Labute approximate surface area is 137 Å². The molecule has 1 heterocycles. The average Bonchev–Trinajstić information content (AvgIpc) is 2.52. The molecule has 0 aliphatic carbocycles. The summed E-state index contributed by atoms with van der Waals surface area (Å²) in [6.07, 6.45) is 1.75. The fourth-order valence-electron chi connectivity index (χ4n) is 2.46. The summed E-state index contributed by atoms with van der Waals surface area (Å²) in [5, 5.41) is 6.52. The van der Waals surface area contributed by atoms with E-state index >= 15 is 0 Å². The van der Waals surface area contributed by atoms with Crippen molar-refractivity contribution in [3.8, 4) is 5.75 Å². The highest BCUT2D eigenvalue weighted by atomic mass is 19.1. The number of nitrogens with zero attached hydrogens (tertiary/aromatic N) is 1. The number of rotatable bonds is 6. The maximum atomic E-state index is 13.7. The van der Waals surface area contributed by atoms with Crippen LogP contribution in [0.3, 0.4) is 0 Å². The van der Waals surface area contributed by atoms with Crippen LogP contribution in [0.1, 0.15) is 31.4 Å². The molecule has 0 saturated carbocycles. The van der Waals surface area contributed by atoms with Gasteiger partial charge in [0, 0.05) is 25.7 Å². The number of halogens is 1. The topological polar surface area (TPSA) is 54.9 Å². The minimum Gasteiger partial charge on any atom is -0.467 e. The highest BCUT2D eigenvalue weighted by molar-refractivity contribution is 5.79. The quantitative estimate of drug-likeness (QED) is 0.624. The van der Waals surface area contributed by atoms with E-state index in [2.05, 4.69) is 29.5 Å². The molecule has 0 spiro atoms. The molecular formula is C17H26FN3O2. The molecule has 5 nitrogen and oxygen atoms in total. The summed E-state index contributed by atoms with van der Waals surface area (Å²) in [5.41, 5.74) is 1.62. The van der Waals surface area contributed by atoms with E-state index in [0.29, 0.717) is 25.5 Å². The molecule has 0 unspecified atom stereocenters. The minimum atomic E-state index is -0.257. The molecule has 0 saturated heterocycles. The Kier molecular flexibility index (Phi) is 6.65. The number of guanidine groups is 1. The molecular weight excluding hydrogens is 297 g/mol. The van der Waals surface area contributed by atoms with Gasteiger partial charge in [-0.25, -0.2) is 4.39 Å². The molecule has 0 atom stereocenters. The van der Waals surface area contributed by atoms with Gasteiger partial charge >= 0.3 is 0 Å². The molecule has 0 bridgehead atoms. The fraction of sp³-hybridized carbons (Fsp3) is 0.588. The summed E-state index contributed by atoms with van der Waals surface area (Å²) in [6, 6.07) is 3.00. The lowest BCUT2D eigenvalue weighted by molar-refractivity contribution is -0.0172. The second-order valence-electron chi connectivity index (χ2n) is 6.02. The highest BCUT2D eigenvalue weighted by Crippen LogP contribution is 2.29. The molecule has 6 heteroatoms. The van der Waals surface area contributed by atoms with Crippen molar-refractivity contribution in [3.63, 3.8) is 0 Å². The lowest BCUT2D eigenvalue weighted by Gasteiger charge is -2.21. The standard InChI is InChI=1S/C17H26FN3O2/c1-12(2)4-6-20-17(19-3)21-7-5-13-8-15(18)9-14-10-22-11-23-16(13)14/h8-9,12H,4-7,10-11H2,1-3H3,(H2,19,20,21). The molecule has 23 heavy (non-hydrogen) atoms. The molecule has 1 aromatic carbocycles. The summed E-state index contributed by atoms with van der Waals surface area (Å²) in [5.74, 6) is 1.91. The van der Waals surface area contributed by atoms with Gasteiger partial charge in [0.05, 0.1) is 6.61 Å². The third kappa shape index (κ3) is 5.39. The van der Waals surface area contributed by atoms with Crippen molar-refractivity contribution in [3.05, 3.63) is 29.1 Å². The summed E-state index contributed by atoms with van der Waals surface area (Å²) in [4.78, 5) is 4.19. The van der Waals surface area contributed by atoms with E-state index in [1.807, 2.05) is 0 Å². The van der Waals surface area contributed by atoms with Crippen molar-refractivity contribution in [2.75, 3.05) is 26.9 Å². The van der Waals surface area contributed by atoms with Crippen LogP contribution in [-0.2, 0) is 17.8 Å². The van der Waals surface area contributed by atoms with Crippen LogP contribution in [0.4, 0.5) is 4.39 Å². The highest BCUT2D eigenvalue weighted by Gasteiger charge is 2.16. The second-order valence-corrected chi connectivity index (χ2v) is 6.02. The third-order valence-electron chi connectivity index (χ3n) is 3.68. The lowest BCUT2D eigenvalue weighted by Crippen LogP contribution is -2.39. The van der Waals surface area contributed by atoms with Gasteiger partial charge in [0.15, 0.2) is 12.8 Å². The Morgan fingerprint density at radius 1 is 1.30 bits per heavy atom. The smallest absolute Gasteiger partial charge is 0.190 e. The SMILES string of the molecule is CN=C(NCCc1cc(F)cc2c1OCOC2)NCCC(C)C. The van der Waals surface area contributed by atoms with Gasteiger partial charge in [-0.2, -0.15) is 0 Å². The van der Waals surface area contributed by atoms with E-state index in [-0.39, 0.29) is 12.6 Å². The normalized spacial score (nSPS) is 14.4. The van der Waals surface area contributed by atoms with Crippen LogP contribution in [0.25, 0.3) is 0 Å². The van der Waals surface area contributed by atoms with E-state index in [0.717, 1.165) is 35.8 Å². The van der Waals surface area contributed by atoms with Crippen molar-refractivity contribution >= 4 is 5.96 Å². The molecule has 1 aromatic rings. The Morgan fingerprint density at radius 3 is 2.83 bits per heavy atom. The molecule has 0 radical (unpaired) electrons. The zero-order valence-electron chi connectivity index (χ0n) is 14.1. The zero-order chi connectivity index (χ0) is 16.7. The number of fused-ring (bicyclic) bond motifs is 1. The Bertz CT molecular complexity index is 547. The monoisotopic (exact) mass is 323 g/mol. The van der Waals surface area contributed by atoms with Gasteiger partial charge in [-0.1, -0.05) is 13.8 Å². The largest absolute Gasteiger partial charge is 0.467 e. The second kappa shape index (κ2) is 8.72. The zero-order valence-corrected chi connectivity index (χ0v) is 14.1. The van der Waals surface area contributed by atoms with Gasteiger partial charge < -0.3 is 20.1 Å². The molecule has 0 amide bonds. The van der Waals surface area contributed by atoms with Crippen LogP contribution in [-0.4, -0.2) is 32.9 Å². The number of benzene rings is 1. The Hall–Kier alpha value is -1.82.